The molecule has 0 radical (unpaired) electrons. The van der Waals surface area contributed by atoms with Gasteiger partial charge >= 0.3 is 1030 Å². The second-order valence-corrected chi connectivity index (χ2v) is 13.3. The zero-order valence-electron chi connectivity index (χ0n) is 68.2. The molecule has 0 aliphatic carbocycles. The molecule has 372 valence electrons. The molecule has 0 unspecified atom stereocenters. The Morgan fingerprint density at radius 1 is 0.438 bits per heavy atom. The number of aliphatic hydroxyl groups is 1. The summed E-state index contributed by atoms with van der Waals surface area (Å²) in [5, 5.41) is 19.5. The van der Waals surface area contributed by atoms with E-state index < -0.39 is 24.4 Å². The molecule has 4 rings (SSSR count). The Balaban J connectivity index is -0.0000000823. The van der Waals surface area contributed by atoms with Crippen LogP contribution in [0.15, 0.2) is 109 Å². The van der Waals surface area contributed by atoms with Crippen LogP contribution in [0.4, 0.5) is 62.1 Å². The van der Waals surface area contributed by atoms with Crippen molar-refractivity contribution in [3.63, 3.8) is 0 Å². The van der Waals surface area contributed by atoms with Crippen LogP contribution in [-0.2, 0) is 32.0 Å². The predicted octanol–water partition coefficient (Wildman–Crippen LogP) is -2.51. The van der Waals surface area contributed by atoms with Crippen molar-refractivity contribution in [1.29, 1.82) is 0 Å². The monoisotopic (exact) mass is 2130 g/mol. The molecule has 0 fully saturated rings. The van der Waals surface area contributed by atoms with Gasteiger partial charge in [-0.1, -0.05) is 48.9 Å². The summed E-state index contributed by atoms with van der Waals surface area (Å²) in [5.74, 6) is 1.94. The molecule has 4 amide bonds. The molecule has 49 heteroatoms. The van der Waals surface area contributed by atoms with Gasteiger partial charge in [0.15, 0.2) is 0 Å². The molecule has 4 aromatic rings. The Kier molecular flexibility index (Phi) is 285. The first-order valence-electron chi connectivity index (χ1n) is 36.2. The van der Waals surface area contributed by atoms with E-state index in [-0.39, 0.29) is 51.2 Å². The molecule has 0 bridgehead atoms. The molecule has 0 aliphatic rings. The van der Waals surface area contributed by atoms with Gasteiger partial charge in [-0.3, -0.25) is 21.3 Å². The number of terminal acetylenes is 1. The van der Waals surface area contributed by atoms with Gasteiger partial charge in [0.2, 0.25) is 0 Å². The van der Waals surface area contributed by atoms with E-state index >= 15 is 0 Å². The van der Waals surface area contributed by atoms with Crippen LogP contribution in [0, 0.1) is 24.0 Å². The molecule has 4 aromatic carbocycles. The van der Waals surface area contributed by atoms with Gasteiger partial charge in [-0.2, -0.15) is 0 Å². The van der Waals surface area contributed by atoms with Gasteiger partial charge in [-0.15, -0.1) is 6.42 Å². The number of nitrogens with zero attached hydrogens (tertiary/aromatic N) is 2. The van der Waals surface area contributed by atoms with Crippen molar-refractivity contribution in [2.24, 2.45) is 0 Å². The molecular weight excluding hydrogens is 2080 g/mol. The van der Waals surface area contributed by atoms with Crippen molar-refractivity contribution in [2.75, 3.05) is 77.2 Å². The number of amides is 4. The van der Waals surface area contributed by atoms with Crippen molar-refractivity contribution >= 4 is 1070 Å². The van der Waals surface area contributed by atoms with Gasteiger partial charge < -0.3 is 33.9 Å². The minimum atomic E-state index is -0.674. The summed E-state index contributed by atoms with van der Waals surface area (Å²) in [4.78, 5) is 51.7. The number of halogens is 2. The van der Waals surface area contributed by atoms with Crippen molar-refractivity contribution in [3.05, 3.63) is 132 Å². The first kappa shape index (κ1) is 171. The third kappa shape index (κ3) is 124. The van der Waals surface area contributed by atoms with E-state index in [2.05, 4.69) is 33.8 Å². The van der Waals surface area contributed by atoms with Crippen LogP contribution < -0.4 is 31.1 Å². The van der Waals surface area contributed by atoms with Crippen molar-refractivity contribution in [1.82, 2.24) is 0 Å². The predicted molar refractivity (Wildman–Crippen MR) is 429 cm³/mol. The molecule has 0 heterocycles. The second-order valence-electron chi connectivity index (χ2n) is 13.3. The zero-order chi connectivity index (χ0) is 78.9. The number of aliphatic hydroxyl groups excluding tert-OH is 1. The van der Waals surface area contributed by atoms with E-state index in [1.54, 1.807) is 101 Å². The van der Waals surface area contributed by atoms with Crippen molar-refractivity contribution in [2.45, 2.75) is 40.8 Å². The van der Waals surface area contributed by atoms with E-state index in [4.69, 9.17) is 30.5 Å². The number of hydrogen-bond acceptors (Lipinski definition) is 11. The maximum atomic E-state index is 13.4. The Morgan fingerprint density at radius 3 is 0.938 bits per heavy atom. The van der Waals surface area contributed by atoms with Gasteiger partial charge in [0.05, 0.1) is 62.3 Å². The van der Waals surface area contributed by atoms with E-state index in [0.717, 1.165) is 16.7 Å². The Morgan fingerprint density at radius 2 is 0.688 bits per heavy atom. The molecule has 0 atom stereocenters. The van der Waals surface area contributed by atoms with E-state index in [1.165, 1.54) is 1030 Å². The minimum absolute atomic E-state index is 0.112. The zero-order valence-corrected chi connectivity index (χ0v) is 168. The number of hydrogen-bond donors (Lipinski definition) is 5. The van der Waals surface area contributed by atoms with Crippen molar-refractivity contribution < 1.29 is 52.0 Å². The maximum absolute atomic E-state index is 13.4. The summed E-state index contributed by atoms with van der Waals surface area (Å²) in [6.07, 6.45) is 6.17. The third-order valence-corrected chi connectivity index (χ3v) is 8.49. The summed E-state index contributed by atoms with van der Waals surface area (Å²) in [5.41, 5.74) is 5.13. The third-order valence-electron chi connectivity index (χ3n) is 8.49. The van der Waals surface area contributed by atoms with Crippen LogP contribution in [0.3, 0.4) is 0 Å². The molecule has 0 aliphatic heterocycles. The first-order chi connectivity index (χ1) is 46.8. The average Bonchev–Trinajstić information content (AvgIpc) is 0.923. The van der Waals surface area contributed by atoms with E-state index in [0.29, 0.717) is 53.8 Å². The van der Waals surface area contributed by atoms with Gasteiger partial charge in [0.25, 0.3) is 0 Å². The fourth-order valence-electron chi connectivity index (χ4n) is 5.72. The van der Waals surface area contributed by atoms with Gasteiger partial charge in [0.1, 0.15) is 11.6 Å². The SMILES string of the molecule is C#CCN(Cc1ccc(F)cc1)c1ccc(NC(=O)OCC)c(NC(=O)OCC)c1.C=C(/C=C/CO)CN(Cc1ccc(F)cc1)c1ccc(NC(=O)OCC)c(NC(=O)OCC)c1.[K][K].[K][K].[K][K].[K][K].[K][K].[K][K].[K][K].[K][K].[K][K].[K][K].[K][K].[K][K].[K][K].[K][K].[K][K].[K][K]. The van der Waals surface area contributed by atoms with Crippen LogP contribution in [0.2, 0.25) is 0 Å². The molecule has 96 heavy (non-hydrogen) atoms. The molecule has 0 spiro atoms. The fourth-order valence-corrected chi connectivity index (χ4v) is 5.72. The molecule has 0 saturated carbocycles. The topological polar surface area (TPSA) is 180 Å². The van der Waals surface area contributed by atoms with E-state index in [1.807, 2.05) is 9.80 Å². The van der Waals surface area contributed by atoms with Gasteiger partial charge in [0, 0.05) is 31.0 Å². The number of carbonyl (C=O) groups is 4. The van der Waals surface area contributed by atoms with Gasteiger partial charge in [-0.05, 0) is 105 Å². The number of anilines is 6. The fraction of sp³-hybridized carbons (Fsp3) is 0.277. The van der Waals surface area contributed by atoms with Crippen molar-refractivity contribution in [3.8, 4) is 12.3 Å². The Labute approximate surface area is 1300 Å². The number of nitrogens with one attached hydrogen (secondary N) is 4. The van der Waals surface area contributed by atoms with Crippen LogP contribution in [0.25, 0.3) is 0 Å². The Bertz CT molecular complexity index is 2320. The summed E-state index contributed by atoms with van der Waals surface area (Å²) >= 11 is 40.0. The van der Waals surface area contributed by atoms with Crippen LogP contribution in [0.5, 0.6) is 0 Å². The second kappa shape index (κ2) is 160. The first-order valence-corrected chi connectivity index (χ1v) is 292. The quantitative estimate of drug-likeness (QED) is 0.0290. The number of benzene rings is 4. The summed E-state index contributed by atoms with van der Waals surface area (Å²) in [6.45, 7) is 12.9. The number of ether oxygens (including phenoxy) is 4. The normalized spacial score (nSPS) is 8.19. The van der Waals surface area contributed by atoms with Gasteiger partial charge in [-0.25, -0.2) is 28.0 Å². The number of carbonyl (C=O) groups excluding carboxylic acids is 4. The summed E-state index contributed by atoms with van der Waals surface area (Å²) in [7, 11) is 0. The number of rotatable bonds is 19. The summed E-state index contributed by atoms with van der Waals surface area (Å²) < 4.78 is 46.3. The molecule has 0 aromatic heterocycles. The molecule has 0 saturated heterocycles. The average molecular weight is 2140 g/mol. The van der Waals surface area contributed by atoms with Crippen LogP contribution in [0.1, 0.15) is 38.8 Å². The molecule has 5 N–H and O–H groups in total. The van der Waals surface area contributed by atoms with Crippen LogP contribution >= 0.6 is 0 Å². The molecular formula is C47H54F2K32N6O9. The Hall–Kier alpha value is 44.8. The van der Waals surface area contributed by atoms with E-state index in [9.17, 15) is 28.0 Å². The molecule has 15 nitrogen and oxygen atoms in total. The standard InChI is InChI=1S/C25H30FN3O5.C22H24FN3O4.32K/c1-4-33-24(31)27-22-13-12-21(15-23(22)28-25(32)34-5-2)29(16-18(3)7-6-14-30)17-19-8-10-20(26)11-9-19;1-4-13-26(15-16-7-9-17(23)10-8-16)18-11-12-19(24-21(27)29-5-2)20(14-18)25-22(28)30-6-3;;;;;;;;;;;;;;;;;;;;;;;;;;;;;;;;/h6-13,15,30H,3-5,14,16-17H2,1-2H3,(H,27,31)(H,28,32);1,7-12,14H,5-6,13,15H2,2-3H3,(H,24,27)(H,25,28);;;;;;;;;;;;;;;;;;;;;;;;;;;;;;;;/b7-6+;;;;;;;;;;;;;;;;;;;;;;;;;;;;;;;;;. The van der Waals surface area contributed by atoms with Crippen LogP contribution in [-0.4, -0.2) is 1090 Å². The summed E-state index contributed by atoms with van der Waals surface area (Å²) in [6, 6.07) is 22.4.